The van der Waals surface area contributed by atoms with Gasteiger partial charge in [-0.25, -0.2) is 0 Å². The van der Waals surface area contributed by atoms with Gasteiger partial charge in [0.05, 0.1) is 10.0 Å². The monoisotopic (exact) mass is 247 g/mol. The third-order valence-corrected chi connectivity index (χ3v) is 2.93. The van der Waals surface area contributed by atoms with Crippen LogP contribution in [0.3, 0.4) is 0 Å². The van der Waals surface area contributed by atoms with Crippen LogP contribution in [0.2, 0.25) is 10.0 Å². The predicted octanol–water partition coefficient (Wildman–Crippen LogP) is 2.34. The van der Waals surface area contributed by atoms with Crippen LogP contribution in [-0.4, -0.2) is 17.1 Å². The van der Waals surface area contributed by atoms with Crippen LogP contribution in [0.4, 0.5) is 0 Å². The molecule has 1 aromatic rings. The molecule has 0 aliphatic heterocycles. The van der Waals surface area contributed by atoms with E-state index in [2.05, 4.69) is 0 Å². The predicted molar refractivity (Wildman–Crippen MR) is 60.4 cm³/mol. The second kappa shape index (κ2) is 5.35. The molecule has 0 aromatic heterocycles. The van der Waals surface area contributed by atoms with E-state index in [1.165, 1.54) is 0 Å². The van der Waals surface area contributed by atoms with Gasteiger partial charge in [-0.05, 0) is 24.5 Å². The van der Waals surface area contributed by atoms with Crippen LogP contribution in [0.1, 0.15) is 12.0 Å². The number of hydrogen-bond donors (Lipinski definition) is 2. The van der Waals surface area contributed by atoms with E-state index in [-0.39, 0.29) is 0 Å². The number of hydrogen-bond acceptors (Lipinski definition) is 2. The summed E-state index contributed by atoms with van der Waals surface area (Å²) in [5.41, 5.74) is 6.20. The third kappa shape index (κ3) is 3.38. The first-order valence-corrected chi connectivity index (χ1v) is 5.19. The number of benzene rings is 1. The largest absolute Gasteiger partial charge is 0.480 e. The van der Waals surface area contributed by atoms with Crippen molar-refractivity contribution < 1.29 is 9.90 Å². The zero-order valence-corrected chi connectivity index (χ0v) is 9.42. The number of carboxylic acids is 1. The van der Waals surface area contributed by atoms with Gasteiger partial charge in [-0.1, -0.05) is 35.3 Å². The van der Waals surface area contributed by atoms with Crippen LogP contribution in [-0.2, 0) is 11.2 Å². The van der Waals surface area contributed by atoms with Crippen LogP contribution in [0, 0.1) is 0 Å². The molecule has 0 saturated heterocycles. The van der Waals surface area contributed by atoms with E-state index in [4.69, 9.17) is 34.0 Å². The highest BCUT2D eigenvalue weighted by Crippen LogP contribution is 2.26. The van der Waals surface area contributed by atoms with Gasteiger partial charge in [-0.3, -0.25) is 4.79 Å². The highest BCUT2D eigenvalue weighted by atomic mass is 35.5. The fourth-order valence-electron chi connectivity index (χ4n) is 1.18. The molecule has 0 aliphatic carbocycles. The summed E-state index contributed by atoms with van der Waals surface area (Å²) in [5, 5.41) is 9.54. The smallest absolute Gasteiger partial charge is 0.320 e. The Bertz CT molecular complexity index is 368. The summed E-state index contributed by atoms with van der Waals surface area (Å²) >= 11 is 11.7. The molecule has 1 unspecified atom stereocenters. The normalized spacial score (nSPS) is 12.5. The first kappa shape index (κ1) is 12.3. The van der Waals surface area contributed by atoms with Gasteiger partial charge in [-0.15, -0.1) is 0 Å². The van der Waals surface area contributed by atoms with Crippen molar-refractivity contribution in [1.82, 2.24) is 0 Å². The van der Waals surface area contributed by atoms with Gasteiger partial charge >= 0.3 is 5.97 Å². The van der Waals surface area contributed by atoms with E-state index in [0.717, 1.165) is 5.56 Å². The molecule has 0 amide bonds. The summed E-state index contributed by atoms with van der Waals surface area (Å²) in [6.07, 6.45) is 0.849. The Labute approximate surface area is 97.8 Å². The number of carboxylic acid groups (broad SMARTS) is 1. The lowest BCUT2D eigenvalue weighted by Gasteiger charge is -2.08. The number of nitrogens with two attached hydrogens (primary N) is 1. The standard InChI is InChI=1S/C10H11Cl2NO2/c11-7-3-1-2-6(9(7)12)4-5-8(13)10(14)15/h1-3,8H,4-5,13H2,(H,14,15). The molecule has 0 aliphatic rings. The van der Waals surface area contributed by atoms with Crippen molar-refractivity contribution in [1.29, 1.82) is 0 Å². The first-order chi connectivity index (χ1) is 7.02. The molecule has 0 spiro atoms. The van der Waals surface area contributed by atoms with Crippen LogP contribution in [0.25, 0.3) is 0 Å². The summed E-state index contributed by atoms with van der Waals surface area (Å²) in [5.74, 6) is -1.01. The molecule has 0 saturated carbocycles. The van der Waals surface area contributed by atoms with Crippen molar-refractivity contribution in [2.24, 2.45) is 5.73 Å². The Morgan fingerprint density at radius 2 is 2.13 bits per heavy atom. The molecule has 15 heavy (non-hydrogen) atoms. The van der Waals surface area contributed by atoms with Gasteiger partial charge in [0.15, 0.2) is 0 Å². The van der Waals surface area contributed by atoms with Crippen molar-refractivity contribution in [2.75, 3.05) is 0 Å². The van der Waals surface area contributed by atoms with E-state index in [1.54, 1.807) is 12.1 Å². The van der Waals surface area contributed by atoms with E-state index >= 15 is 0 Å². The minimum Gasteiger partial charge on any atom is -0.480 e. The summed E-state index contributed by atoms with van der Waals surface area (Å²) in [6.45, 7) is 0. The highest BCUT2D eigenvalue weighted by Gasteiger charge is 2.12. The fourth-order valence-corrected chi connectivity index (χ4v) is 1.59. The zero-order chi connectivity index (χ0) is 11.4. The van der Waals surface area contributed by atoms with Gasteiger partial charge in [0.25, 0.3) is 0 Å². The minimum atomic E-state index is -1.01. The average molecular weight is 248 g/mol. The molecule has 1 aromatic carbocycles. The average Bonchev–Trinajstić information content (AvgIpc) is 2.19. The topological polar surface area (TPSA) is 63.3 Å². The Hall–Kier alpha value is -0.770. The Balaban J connectivity index is 2.66. The molecule has 0 radical (unpaired) electrons. The molecule has 0 heterocycles. The Kier molecular flexibility index (Phi) is 4.39. The van der Waals surface area contributed by atoms with E-state index in [9.17, 15) is 4.79 Å². The molecule has 3 N–H and O–H groups in total. The van der Waals surface area contributed by atoms with Crippen LogP contribution >= 0.6 is 23.2 Å². The minimum absolute atomic E-state index is 0.343. The summed E-state index contributed by atoms with van der Waals surface area (Å²) in [7, 11) is 0. The SMILES string of the molecule is NC(CCc1cccc(Cl)c1Cl)C(=O)O. The molecule has 82 valence electrons. The molecule has 1 atom stereocenters. The highest BCUT2D eigenvalue weighted by molar-refractivity contribution is 6.42. The maximum Gasteiger partial charge on any atom is 0.320 e. The molecule has 5 heteroatoms. The molecule has 0 bridgehead atoms. The second-order valence-corrected chi connectivity index (χ2v) is 3.98. The molecule has 1 rings (SSSR count). The van der Waals surface area contributed by atoms with E-state index in [1.807, 2.05) is 6.07 Å². The van der Waals surface area contributed by atoms with Crippen molar-refractivity contribution in [3.63, 3.8) is 0 Å². The number of rotatable bonds is 4. The van der Waals surface area contributed by atoms with Crippen LogP contribution in [0.15, 0.2) is 18.2 Å². The Morgan fingerprint density at radius 1 is 1.47 bits per heavy atom. The van der Waals surface area contributed by atoms with Crippen molar-refractivity contribution in [3.05, 3.63) is 33.8 Å². The number of halogens is 2. The van der Waals surface area contributed by atoms with Crippen LogP contribution in [0.5, 0.6) is 0 Å². The molecule has 3 nitrogen and oxygen atoms in total. The number of aryl methyl sites for hydroxylation is 1. The van der Waals surface area contributed by atoms with E-state index in [0.29, 0.717) is 22.9 Å². The van der Waals surface area contributed by atoms with E-state index < -0.39 is 12.0 Å². The third-order valence-electron chi connectivity index (χ3n) is 2.07. The molecular formula is C10H11Cl2NO2. The summed E-state index contributed by atoms with van der Waals surface area (Å²) in [4.78, 5) is 10.5. The van der Waals surface area contributed by atoms with Gasteiger partial charge in [0.2, 0.25) is 0 Å². The Morgan fingerprint density at radius 3 is 2.73 bits per heavy atom. The number of aliphatic carboxylic acids is 1. The van der Waals surface area contributed by atoms with Crippen molar-refractivity contribution >= 4 is 29.2 Å². The maximum atomic E-state index is 10.5. The lowest BCUT2D eigenvalue weighted by molar-refractivity contribution is -0.138. The lowest BCUT2D eigenvalue weighted by atomic mass is 10.1. The first-order valence-electron chi connectivity index (χ1n) is 4.43. The lowest BCUT2D eigenvalue weighted by Crippen LogP contribution is -2.30. The van der Waals surface area contributed by atoms with Gasteiger partial charge in [-0.2, -0.15) is 0 Å². The maximum absolute atomic E-state index is 10.5. The molecule has 0 fully saturated rings. The number of carbonyl (C=O) groups is 1. The summed E-state index contributed by atoms with van der Waals surface area (Å²) in [6, 6.07) is 4.41. The van der Waals surface area contributed by atoms with Crippen molar-refractivity contribution in [3.8, 4) is 0 Å². The second-order valence-electron chi connectivity index (χ2n) is 3.20. The molecular weight excluding hydrogens is 237 g/mol. The zero-order valence-electron chi connectivity index (χ0n) is 7.91. The summed E-state index contributed by atoms with van der Waals surface area (Å²) < 4.78 is 0. The van der Waals surface area contributed by atoms with Gasteiger partial charge in [0.1, 0.15) is 6.04 Å². The quantitative estimate of drug-likeness (QED) is 0.859. The van der Waals surface area contributed by atoms with Crippen LogP contribution < -0.4 is 5.73 Å². The van der Waals surface area contributed by atoms with Gasteiger partial charge < -0.3 is 10.8 Å². The van der Waals surface area contributed by atoms with Gasteiger partial charge in [0, 0.05) is 0 Å². The fraction of sp³-hybridized carbons (Fsp3) is 0.300. The van der Waals surface area contributed by atoms with Crippen molar-refractivity contribution in [2.45, 2.75) is 18.9 Å².